The van der Waals surface area contributed by atoms with Crippen molar-refractivity contribution in [3.05, 3.63) is 64.7 Å². The van der Waals surface area contributed by atoms with Gasteiger partial charge in [-0.2, -0.15) is 0 Å². The number of ether oxygens (including phenoxy) is 2. The number of morpholine rings is 1. The van der Waals surface area contributed by atoms with Crippen LogP contribution >= 0.6 is 0 Å². The molecule has 3 aliphatic heterocycles. The van der Waals surface area contributed by atoms with Crippen LogP contribution < -0.4 is 15.4 Å². The lowest BCUT2D eigenvalue weighted by molar-refractivity contribution is -0.134. The van der Waals surface area contributed by atoms with Crippen molar-refractivity contribution in [1.29, 1.82) is 0 Å². The van der Waals surface area contributed by atoms with E-state index in [9.17, 15) is 24.3 Å². The summed E-state index contributed by atoms with van der Waals surface area (Å²) in [7, 11) is 0. The maximum atomic E-state index is 12.8. The number of rotatable bonds is 8. The van der Waals surface area contributed by atoms with Crippen molar-refractivity contribution >= 4 is 23.7 Å². The standard InChI is InChI=1S/C27H29N3O7/c31-23-11-10-21(26(33)29-23)28-25(32)20-2-1-3-22(24(20)27(34)35)36-15-17-6-4-16(5-7-17)12-30-13-18-8-9-19(14-30)37-18/h1-7,18-19,21H,8-15H2,(H,28,32)(H,34,35)(H,29,31,33). The number of carbonyl (C=O) groups is 4. The first kappa shape index (κ1) is 24.9. The van der Waals surface area contributed by atoms with Gasteiger partial charge >= 0.3 is 5.97 Å². The van der Waals surface area contributed by atoms with Gasteiger partial charge in [0.05, 0.1) is 17.8 Å². The molecule has 3 amide bonds. The number of imide groups is 1. The third kappa shape index (κ3) is 5.81. The number of aromatic carboxylic acids is 1. The van der Waals surface area contributed by atoms with E-state index in [1.165, 1.54) is 23.8 Å². The second-order valence-electron chi connectivity index (χ2n) is 9.72. The number of carboxylic acid groups (broad SMARTS) is 1. The summed E-state index contributed by atoms with van der Waals surface area (Å²) >= 11 is 0. The van der Waals surface area contributed by atoms with Crippen LogP contribution in [0.15, 0.2) is 42.5 Å². The molecule has 2 aromatic rings. The highest BCUT2D eigenvalue weighted by Crippen LogP contribution is 2.28. The van der Waals surface area contributed by atoms with Crippen LogP contribution in [-0.4, -0.2) is 65.0 Å². The Morgan fingerprint density at radius 3 is 2.41 bits per heavy atom. The predicted molar refractivity (Wildman–Crippen MR) is 131 cm³/mol. The molecular formula is C27H29N3O7. The van der Waals surface area contributed by atoms with Crippen molar-refractivity contribution in [2.45, 2.75) is 57.1 Å². The first-order valence-corrected chi connectivity index (χ1v) is 12.4. The van der Waals surface area contributed by atoms with E-state index in [-0.39, 0.29) is 36.3 Å². The number of nitrogens with one attached hydrogen (secondary N) is 2. The molecule has 10 heteroatoms. The number of piperidine rings is 1. The van der Waals surface area contributed by atoms with Gasteiger partial charge in [-0.05, 0) is 42.5 Å². The second kappa shape index (κ2) is 10.7. The molecule has 3 heterocycles. The third-order valence-corrected chi connectivity index (χ3v) is 6.97. The molecule has 2 aromatic carbocycles. The average Bonchev–Trinajstić information content (AvgIpc) is 3.22. The fourth-order valence-electron chi connectivity index (χ4n) is 5.12. The summed E-state index contributed by atoms with van der Waals surface area (Å²) < 4.78 is 11.7. The lowest BCUT2D eigenvalue weighted by atomic mass is 10.0. The Hall–Kier alpha value is -3.76. The minimum Gasteiger partial charge on any atom is -0.488 e. The second-order valence-corrected chi connectivity index (χ2v) is 9.72. The fourth-order valence-corrected chi connectivity index (χ4v) is 5.12. The molecule has 3 atom stereocenters. The quantitative estimate of drug-likeness (QED) is 0.461. The molecule has 5 rings (SSSR count). The van der Waals surface area contributed by atoms with Gasteiger partial charge in [-0.15, -0.1) is 0 Å². The minimum absolute atomic E-state index is 0.0521. The number of likely N-dealkylation sites (tertiary alicyclic amines) is 1. The van der Waals surface area contributed by atoms with Gasteiger partial charge in [0.15, 0.2) is 0 Å². The third-order valence-electron chi connectivity index (χ3n) is 6.97. The van der Waals surface area contributed by atoms with E-state index in [4.69, 9.17) is 9.47 Å². The van der Waals surface area contributed by atoms with Gasteiger partial charge in [-0.25, -0.2) is 4.79 Å². The predicted octanol–water partition coefficient (Wildman–Crippen LogP) is 1.86. The maximum absolute atomic E-state index is 12.8. The van der Waals surface area contributed by atoms with E-state index < -0.39 is 29.7 Å². The van der Waals surface area contributed by atoms with Gasteiger partial charge in [0.1, 0.15) is 24.0 Å². The molecule has 194 valence electrons. The molecule has 0 radical (unpaired) electrons. The zero-order valence-corrected chi connectivity index (χ0v) is 20.3. The van der Waals surface area contributed by atoms with Crippen molar-refractivity contribution in [2.75, 3.05) is 13.1 Å². The Kier molecular flexibility index (Phi) is 7.20. The van der Waals surface area contributed by atoms with E-state index in [0.29, 0.717) is 12.2 Å². The molecule has 3 unspecified atom stereocenters. The van der Waals surface area contributed by atoms with Crippen LogP contribution in [0.1, 0.15) is 57.5 Å². The topological polar surface area (TPSA) is 134 Å². The number of hydrogen-bond donors (Lipinski definition) is 3. The summed E-state index contributed by atoms with van der Waals surface area (Å²) in [6.07, 6.45) is 3.20. The Morgan fingerprint density at radius 2 is 1.73 bits per heavy atom. The summed E-state index contributed by atoms with van der Waals surface area (Å²) in [5, 5.41) is 14.5. The normalized spacial score (nSPS) is 23.4. The molecule has 0 aliphatic carbocycles. The van der Waals surface area contributed by atoms with E-state index in [0.717, 1.165) is 38.0 Å². The molecule has 0 aromatic heterocycles. The van der Waals surface area contributed by atoms with Gasteiger partial charge in [-0.1, -0.05) is 30.3 Å². The number of fused-ring (bicyclic) bond motifs is 2. The van der Waals surface area contributed by atoms with Crippen molar-refractivity contribution in [2.24, 2.45) is 0 Å². The largest absolute Gasteiger partial charge is 0.488 e. The van der Waals surface area contributed by atoms with Gasteiger partial charge in [0.25, 0.3) is 5.91 Å². The van der Waals surface area contributed by atoms with Crippen molar-refractivity contribution in [1.82, 2.24) is 15.5 Å². The van der Waals surface area contributed by atoms with Gasteiger partial charge < -0.3 is 19.9 Å². The van der Waals surface area contributed by atoms with Gasteiger partial charge in [0.2, 0.25) is 11.8 Å². The lowest BCUT2D eigenvalue weighted by Crippen LogP contribution is -2.52. The van der Waals surface area contributed by atoms with Crippen LogP contribution in [0.2, 0.25) is 0 Å². The highest BCUT2D eigenvalue weighted by atomic mass is 16.5. The molecule has 3 saturated heterocycles. The zero-order chi connectivity index (χ0) is 25.9. The Bertz CT molecular complexity index is 1200. The molecule has 3 N–H and O–H groups in total. The molecule has 0 saturated carbocycles. The van der Waals surface area contributed by atoms with Crippen molar-refractivity contribution in [3.8, 4) is 5.75 Å². The molecule has 37 heavy (non-hydrogen) atoms. The molecular weight excluding hydrogens is 478 g/mol. The number of carbonyl (C=O) groups excluding carboxylic acids is 3. The monoisotopic (exact) mass is 507 g/mol. The number of benzene rings is 2. The summed E-state index contributed by atoms with van der Waals surface area (Å²) in [5.74, 6) is -3.01. The minimum atomic E-state index is -1.32. The molecule has 0 spiro atoms. The average molecular weight is 508 g/mol. The highest BCUT2D eigenvalue weighted by Gasteiger charge is 2.33. The van der Waals surface area contributed by atoms with Gasteiger partial charge in [0, 0.05) is 26.1 Å². The van der Waals surface area contributed by atoms with Crippen LogP contribution in [0, 0.1) is 0 Å². The molecule has 10 nitrogen and oxygen atoms in total. The molecule has 3 aliphatic rings. The summed E-state index contributed by atoms with van der Waals surface area (Å²) in [6.45, 7) is 2.88. The SMILES string of the molecule is O=C1CCC(NC(=O)c2cccc(OCc3ccc(CN4CC5CCC(C4)O5)cc3)c2C(=O)O)C(=O)N1. The van der Waals surface area contributed by atoms with Crippen LogP contribution in [0.4, 0.5) is 0 Å². The number of amides is 3. The Labute approximate surface area is 213 Å². The Morgan fingerprint density at radius 1 is 1.03 bits per heavy atom. The smallest absolute Gasteiger partial charge is 0.340 e. The lowest BCUT2D eigenvalue weighted by Gasteiger charge is -2.32. The van der Waals surface area contributed by atoms with Crippen LogP contribution in [0.3, 0.4) is 0 Å². The van der Waals surface area contributed by atoms with Crippen LogP contribution in [0.25, 0.3) is 0 Å². The summed E-state index contributed by atoms with van der Waals surface area (Å²) in [5.41, 5.74) is 1.64. The van der Waals surface area contributed by atoms with Crippen LogP contribution in [0.5, 0.6) is 5.75 Å². The van der Waals surface area contributed by atoms with E-state index in [2.05, 4.69) is 15.5 Å². The van der Waals surface area contributed by atoms with Gasteiger partial charge in [-0.3, -0.25) is 24.6 Å². The van der Waals surface area contributed by atoms with Crippen molar-refractivity contribution < 1.29 is 33.8 Å². The fraction of sp³-hybridized carbons (Fsp3) is 0.407. The number of hydrogen-bond acceptors (Lipinski definition) is 7. The number of carboxylic acids is 1. The maximum Gasteiger partial charge on any atom is 0.340 e. The first-order chi connectivity index (χ1) is 17.9. The summed E-state index contributed by atoms with van der Waals surface area (Å²) in [6, 6.07) is 11.4. The van der Waals surface area contributed by atoms with E-state index in [1.807, 2.05) is 24.3 Å². The first-order valence-electron chi connectivity index (χ1n) is 12.4. The highest BCUT2D eigenvalue weighted by molar-refractivity contribution is 6.08. The van der Waals surface area contributed by atoms with Crippen molar-refractivity contribution in [3.63, 3.8) is 0 Å². The number of nitrogens with zero attached hydrogens (tertiary/aromatic N) is 1. The van der Waals surface area contributed by atoms with Crippen LogP contribution in [-0.2, 0) is 27.5 Å². The van der Waals surface area contributed by atoms with E-state index in [1.54, 1.807) is 0 Å². The summed E-state index contributed by atoms with van der Waals surface area (Å²) in [4.78, 5) is 50.6. The molecule has 2 bridgehead atoms. The molecule has 3 fully saturated rings. The van der Waals surface area contributed by atoms with E-state index >= 15 is 0 Å². The Balaban J connectivity index is 1.22. The zero-order valence-electron chi connectivity index (χ0n) is 20.3.